The SMILES string of the molecule is CC1(C)CCC(CN2CCN(c3ccc(C(=O)NS(=O)(=O)c4ccc(NC[C@H]5CC[C@@H](NCCCCCc6cccc7c6CN(C6CCC(=O)NC6=O)C7=O)CC5)c([N+](=O)[O-])c4)c(Oc4cnc5[nH]ccc5c4)c3)CC2)=C(c2ccc(Cl)cc2)C1. The van der Waals surface area contributed by atoms with Gasteiger partial charge in [-0.05, 0) is 165 Å². The molecule has 5 heterocycles. The third-order valence-electron chi connectivity index (χ3n) is 17.7. The largest absolute Gasteiger partial charge is 0.455 e. The average molecular weight is 1190 g/mol. The van der Waals surface area contributed by atoms with Gasteiger partial charge in [-0.25, -0.2) is 18.1 Å². The number of ether oxygens (including phenoxy) is 1. The number of allylic oxidation sites excluding steroid dienone is 1. The summed E-state index contributed by atoms with van der Waals surface area (Å²) in [5.41, 5.74) is 8.18. The lowest BCUT2D eigenvalue weighted by Crippen LogP contribution is -2.52. The lowest BCUT2D eigenvalue weighted by Gasteiger charge is -2.39. The van der Waals surface area contributed by atoms with Crippen LogP contribution in [0.2, 0.25) is 5.02 Å². The summed E-state index contributed by atoms with van der Waals surface area (Å²) in [5, 5.41) is 23.3. The highest BCUT2D eigenvalue weighted by atomic mass is 35.5. The fourth-order valence-corrected chi connectivity index (χ4v) is 13.9. The zero-order valence-corrected chi connectivity index (χ0v) is 49.7. The first-order valence-electron chi connectivity index (χ1n) is 29.7. The highest BCUT2D eigenvalue weighted by Gasteiger charge is 2.40. The van der Waals surface area contributed by atoms with Crippen LogP contribution >= 0.6 is 11.6 Å². The number of nitro groups is 1. The topological polar surface area (TPSA) is 241 Å². The lowest BCUT2D eigenvalue weighted by molar-refractivity contribution is -0.384. The van der Waals surface area contributed by atoms with Crippen LogP contribution in [0.3, 0.4) is 0 Å². The van der Waals surface area contributed by atoms with Crippen LogP contribution < -0.4 is 30.3 Å². The van der Waals surface area contributed by atoms with Crippen LogP contribution in [0.5, 0.6) is 11.5 Å². The molecule has 4 amide bonds. The van der Waals surface area contributed by atoms with E-state index in [-0.39, 0.29) is 46.6 Å². The number of piperazine rings is 1. The first-order chi connectivity index (χ1) is 40.9. The van der Waals surface area contributed by atoms with Crippen LogP contribution in [0.1, 0.15) is 128 Å². The Hall–Kier alpha value is -7.65. The van der Waals surface area contributed by atoms with Crippen LogP contribution in [-0.4, -0.2) is 115 Å². The Balaban J connectivity index is 0.669. The first kappa shape index (κ1) is 59.1. The van der Waals surface area contributed by atoms with E-state index in [0.717, 1.165) is 130 Å². The van der Waals surface area contributed by atoms with Gasteiger partial charge in [-0.1, -0.05) is 61.7 Å². The van der Waals surface area contributed by atoms with E-state index in [4.69, 9.17) is 16.3 Å². The van der Waals surface area contributed by atoms with Crippen LogP contribution in [0.4, 0.5) is 17.1 Å². The van der Waals surface area contributed by atoms with Gasteiger partial charge in [0, 0.05) is 98.3 Å². The number of nitrogens with zero attached hydrogens (tertiary/aromatic N) is 5. The summed E-state index contributed by atoms with van der Waals surface area (Å²) in [6, 6.07) is 26.0. The number of carbonyl (C=O) groups is 4. The predicted octanol–water partition coefficient (Wildman–Crippen LogP) is 10.6. The van der Waals surface area contributed by atoms with Crippen molar-refractivity contribution in [1.82, 2.24) is 35.1 Å². The van der Waals surface area contributed by atoms with Gasteiger partial charge in [-0.3, -0.25) is 39.5 Å². The Morgan fingerprint density at radius 1 is 0.906 bits per heavy atom. The number of amides is 4. The molecule has 2 aliphatic carbocycles. The molecule has 5 aliphatic rings. The molecule has 3 aliphatic heterocycles. The van der Waals surface area contributed by atoms with E-state index >= 15 is 0 Å². The number of nitro benzene ring substituents is 1. The van der Waals surface area contributed by atoms with Gasteiger partial charge in [-0.15, -0.1) is 0 Å². The summed E-state index contributed by atoms with van der Waals surface area (Å²) in [6.07, 6.45) is 14.5. The van der Waals surface area contributed by atoms with Crippen molar-refractivity contribution < 1.29 is 37.3 Å². The molecule has 85 heavy (non-hydrogen) atoms. The standard InChI is InChI=1S/C64H73ClN10O9S/c1-64(2)26-24-45(53(36-64)43-12-14-46(65)15-13-43)39-72-29-31-73(32-30-72)48-18-20-52(58(34-48)84-49-33-44-25-28-67-60(44)69-38-49)61(77)71-85(82,83)50-19-21-55(57(35-50)75(80)81)68-37-41-10-16-47(17-11-41)66-27-5-3-4-7-42-8-6-9-51-54(42)40-74(63(51)79)56-22-23-59(76)70-62(56)78/h6,8-9,12-15,18-21,25,28,33-35,38,41,47,56,66,68H,3-5,7,10-11,16-17,22-24,26-27,29-32,36-37,39-40H2,1-2H3,(H,67,69)(H,71,77)(H,70,76,78)/t41-,47+,56?. The van der Waals surface area contributed by atoms with Crippen molar-refractivity contribution in [3.8, 4) is 11.5 Å². The summed E-state index contributed by atoms with van der Waals surface area (Å²) in [5.74, 6) is -1.13. The molecule has 0 bridgehead atoms. The van der Waals surface area contributed by atoms with E-state index < -0.39 is 43.4 Å². The maximum absolute atomic E-state index is 14.2. The Kier molecular flexibility index (Phi) is 17.7. The molecule has 2 aromatic heterocycles. The number of H-pyrrole nitrogens is 1. The number of imide groups is 1. The molecule has 446 valence electrons. The average Bonchev–Trinajstić information content (AvgIpc) is 2.99. The fourth-order valence-electron chi connectivity index (χ4n) is 12.8. The number of aromatic amines is 1. The number of unbranched alkanes of at least 4 members (excludes halogenated alkanes) is 2. The second-order valence-corrected chi connectivity index (χ2v) is 26.3. The van der Waals surface area contributed by atoms with Gasteiger partial charge >= 0.3 is 0 Å². The van der Waals surface area contributed by atoms with Gasteiger partial charge in [0.15, 0.2) is 0 Å². The van der Waals surface area contributed by atoms with Gasteiger partial charge in [0.05, 0.1) is 21.6 Å². The number of aromatic nitrogens is 2. The first-order valence-corrected chi connectivity index (χ1v) is 31.6. The van der Waals surface area contributed by atoms with Crippen molar-refractivity contribution in [1.29, 1.82) is 0 Å². The molecule has 1 saturated carbocycles. The van der Waals surface area contributed by atoms with Crippen molar-refractivity contribution in [3.05, 3.63) is 152 Å². The minimum absolute atomic E-state index is 0.0504. The highest BCUT2D eigenvalue weighted by molar-refractivity contribution is 7.90. The monoisotopic (exact) mass is 1190 g/mol. The Labute approximate surface area is 500 Å². The molecule has 3 fully saturated rings. The Bertz CT molecular complexity index is 3670. The van der Waals surface area contributed by atoms with E-state index in [1.54, 1.807) is 35.4 Å². The number of nitrogens with one attached hydrogen (secondary N) is 5. The van der Waals surface area contributed by atoms with Gasteiger partial charge in [-0.2, -0.15) is 0 Å². The molecular weight excluding hydrogens is 1120 g/mol. The summed E-state index contributed by atoms with van der Waals surface area (Å²) >= 11 is 6.27. The normalized spacial score (nSPS) is 20.1. The number of hydrogen-bond donors (Lipinski definition) is 5. The third kappa shape index (κ3) is 13.9. The number of aryl methyl sites for hydroxylation is 1. The summed E-state index contributed by atoms with van der Waals surface area (Å²) in [4.78, 5) is 76.9. The molecule has 19 nitrogen and oxygen atoms in total. The number of benzene rings is 4. The number of fused-ring (bicyclic) bond motifs is 2. The molecule has 0 radical (unpaired) electrons. The lowest BCUT2D eigenvalue weighted by atomic mass is 9.72. The van der Waals surface area contributed by atoms with Gasteiger partial charge in [0.2, 0.25) is 11.8 Å². The van der Waals surface area contributed by atoms with Crippen molar-refractivity contribution in [2.75, 3.05) is 56.0 Å². The molecule has 1 unspecified atom stereocenters. The minimum Gasteiger partial charge on any atom is -0.455 e. The number of anilines is 2. The zero-order chi connectivity index (χ0) is 59.4. The Morgan fingerprint density at radius 3 is 2.48 bits per heavy atom. The van der Waals surface area contributed by atoms with E-state index in [1.807, 2.05) is 30.3 Å². The number of halogens is 1. The maximum Gasteiger partial charge on any atom is 0.293 e. The Morgan fingerprint density at radius 2 is 1.71 bits per heavy atom. The highest BCUT2D eigenvalue weighted by Crippen LogP contribution is 2.44. The maximum atomic E-state index is 14.2. The van der Waals surface area contributed by atoms with E-state index in [0.29, 0.717) is 55.6 Å². The van der Waals surface area contributed by atoms with Crippen molar-refractivity contribution in [2.24, 2.45) is 11.3 Å². The van der Waals surface area contributed by atoms with Gasteiger partial charge < -0.3 is 30.2 Å². The molecular formula is C64H73ClN10O9S. The number of carbonyl (C=O) groups excluding carboxylic acids is 4. The second-order valence-electron chi connectivity index (χ2n) is 24.1. The van der Waals surface area contributed by atoms with Gasteiger partial charge in [0.1, 0.15) is 28.9 Å². The van der Waals surface area contributed by atoms with Crippen LogP contribution in [0.25, 0.3) is 16.6 Å². The molecule has 11 rings (SSSR count). The van der Waals surface area contributed by atoms with E-state index in [1.165, 1.54) is 35.0 Å². The number of rotatable bonds is 21. The quantitative estimate of drug-likeness (QED) is 0.0195. The van der Waals surface area contributed by atoms with Gasteiger partial charge in [0.25, 0.3) is 27.5 Å². The number of hydrogen-bond acceptors (Lipinski definition) is 14. The molecule has 6 aromatic rings. The zero-order valence-electron chi connectivity index (χ0n) is 48.1. The van der Waals surface area contributed by atoms with Crippen molar-refractivity contribution in [2.45, 2.75) is 121 Å². The molecule has 1 atom stereocenters. The molecule has 0 spiro atoms. The second kappa shape index (κ2) is 25.5. The predicted molar refractivity (Wildman–Crippen MR) is 327 cm³/mol. The summed E-state index contributed by atoms with van der Waals surface area (Å²) < 4.78 is 36.5. The van der Waals surface area contributed by atoms with Crippen LogP contribution in [0.15, 0.2) is 114 Å². The van der Waals surface area contributed by atoms with E-state index in [2.05, 4.69) is 72.5 Å². The molecule has 2 saturated heterocycles. The molecule has 21 heteroatoms. The minimum atomic E-state index is -4.62. The number of piperidine rings is 1. The van der Waals surface area contributed by atoms with Crippen molar-refractivity contribution in [3.63, 3.8) is 0 Å². The summed E-state index contributed by atoms with van der Waals surface area (Å²) in [6.45, 7) is 10.3. The van der Waals surface area contributed by atoms with E-state index in [9.17, 15) is 37.7 Å². The molecule has 5 N–H and O–H groups in total. The van der Waals surface area contributed by atoms with Crippen LogP contribution in [0, 0.1) is 21.4 Å². The third-order valence-corrected chi connectivity index (χ3v) is 19.3. The van der Waals surface area contributed by atoms with Crippen LogP contribution in [-0.2, 0) is 32.6 Å². The smallest absolute Gasteiger partial charge is 0.293 e. The molecule has 4 aromatic carbocycles. The number of sulfonamides is 1. The van der Waals surface area contributed by atoms with Crippen molar-refractivity contribution >= 4 is 78.9 Å². The fraction of sp³-hybridized carbons (Fsp3) is 0.422. The number of pyridine rings is 1. The summed E-state index contributed by atoms with van der Waals surface area (Å²) in [7, 11) is -4.62.